The lowest BCUT2D eigenvalue weighted by Gasteiger charge is -2.17. The molecule has 0 fully saturated rings. The number of carbonyl (C=O) groups is 1. The van der Waals surface area contributed by atoms with E-state index in [4.69, 9.17) is 0 Å². The Morgan fingerprint density at radius 1 is 1.04 bits per heavy atom. The maximum atomic E-state index is 12.8. The van der Waals surface area contributed by atoms with Crippen LogP contribution in [0.5, 0.6) is 5.75 Å². The number of nitro groups is 1. The first kappa shape index (κ1) is 17.7. The average Bonchev–Trinajstić information content (AvgIpc) is 2.53. The minimum Gasteiger partial charge on any atom is -0.507 e. The summed E-state index contributed by atoms with van der Waals surface area (Å²) in [7, 11) is 0. The van der Waals surface area contributed by atoms with E-state index < -0.39 is 10.7 Å². The van der Waals surface area contributed by atoms with Crippen molar-refractivity contribution in [2.24, 2.45) is 0 Å². The van der Waals surface area contributed by atoms with Gasteiger partial charge in [-0.2, -0.15) is 0 Å². The highest BCUT2D eigenvalue weighted by Gasteiger charge is 2.23. The van der Waals surface area contributed by atoms with Crippen molar-refractivity contribution < 1.29 is 14.8 Å². The first-order valence-electron chi connectivity index (χ1n) is 7.89. The molecule has 0 aliphatic rings. The monoisotopic (exact) mass is 327 g/mol. The van der Waals surface area contributed by atoms with Crippen LogP contribution in [0.3, 0.4) is 0 Å². The van der Waals surface area contributed by atoms with Crippen molar-refractivity contribution in [3.63, 3.8) is 0 Å². The van der Waals surface area contributed by atoms with E-state index in [2.05, 4.69) is 0 Å². The van der Waals surface area contributed by atoms with Crippen LogP contribution in [0.2, 0.25) is 0 Å². The molecule has 0 radical (unpaired) electrons. The highest BCUT2D eigenvalue weighted by molar-refractivity contribution is 6.11. The molecule has 0 heterocycles. The highest BCUT2D eigenvalue weighted by Crippen LogP contribution is 2.35. The molecule has 0 amide bonds. The Bertz CT molecular complexity index is 765. The van der Waals surface area contributed by atoms with Gasteiger partial charge in [-0.05, 0) is 41.2 Å². The predicted molar refractivity (Wildman–Crippen MR) is 92.8 cm³/mol. The second kappa shape index (κ2) is 6.83. The topological polar surface area (TPSA) is 80.4 Å². The summed E-state index contributed by atoms with van der Waals surface area (Å²) in [6, 6.07) is 9.17. The predicted octanol–water partition coefficient (Wildman–Crippen LogP) is 4.78. The number of ketones is 1. The van der Waals surface area contributed by atoms with Gasteiger partial charge in [-0.25, -0.2) is 0 Å². The van der Waals surface area contributed by atoms with Crippen LogP contribution in [0, 0.1) is 10.1 Å². The molecule has 0 bridgehead atoms. The van der Waals surface area contributed by atoms with Gasteiger partial charge in [0.1, 0.15) is 11.3 Å². The van der Waals surface area contributed by atoms with E-state index in [-0.39, 0.29) is 28.8 Å². The SMILES string of the molecule is CC(C)c1cc(C(=O)c2ccccc2[N+](=O)[O-])cc(C(C)C)c1O. The zero-order valence-electron chi connectivity index (χ0n) is 14.2. The third kappa shape index (κ3) is 3.30. The number of hydrogen-bond donors (Lipinski definition) is 1. The number of rotatable bonds is 5. The zero-order chi connectivity index (χ0) is 18.0. The normalized spacial score (nSPS) is 11.1. The molecular weight excluding hydrogens is 306 g/mol. The fourth-order valence-electron chi connectivity index (χ4n) is 2.67. The van der Waals surface area contributed by atoms with Gasteiger partial charge < -0.3 is 5.11 Å². The standard InChI is InChI=1S/C19H21NO4/c1-11(2)15-9-13(10-16(12(3)4)19(15)22)18(21)14-7-5-6-8-17(14)20(23)24/h5-12,22H,1-4H3. The third-order valence-corrected chi connectivity index (χ3v) is 4.02. The van der Waals surface area contributed by atoms with E-state index >= 15 is 0 Å². The summed E-state index contributed by atoms with van der Waals surface area (Å²) >= 11 is 0. The molecule has 5 heteroatoms. The summed E-state index contributed by atoms with van der Waals surface area (Å²) in [5.74, 6) is -0.160. The molecule has 0 aliphatic heterocycles. The van der Waals surface area contributed by atoms with Crippen molar-refractivity contribution in [1.82, 2.24) is 0 Å². The van der Waals surface area contributed by atoms with E-state index in [1.807, 2.05) is 27.7 Å². The largest absolute Gasteiger partial charge is 0.507 e. The van der Waals surface area contributed by atoms with E-state index in [9.17, 15) is 20.0 Å². The lowest BCUT2D eigenvalue weighted by molar-refractivity contribution is -0.385. The number of benzene rings is 2. The van der Waals surface area contributed by atoms with Crippen molar-refractivity contribution in [3.8, 4) is 5.75 Å². The van der Waals surface area contributed by atoms with Crippen LogP contribution in [0.15, 0.2) is 36.4 Å². The smallest absolute Gasteiger partial charge is 0.280 e. The van der Waals surface area contributed by atoms with Crippen LogP contribution in [-0.2, 0) is 0 Å². The van der Waals surface area contributed by atoms with E-state index in [0.29, 0.717) is 16.7 Å². The van der Waals surface area contributed by atoms with Crippen molar-refractivity contribution in [2.45, 2.75) is 39.5 Å². The van der Waals surface area contributed by atoms with Crippen LogP contribution in [0.4, 0.5) is 5.69 Å². The second-order valence-corrected chi connectivity index (χ2v) is 6.42. The van der Waals surface area contributed by atoms with Gasteiger partial charge in [-0.1, -0.05) is 39.8 Å². The number of nitro benzene ring substituents is 1. The molecule has 0 atom stereocenters. The zero-order valence-corrected chi connectivity index (χ0v) is 14.2. The second-order valence-electron chi connectivity index (χ2n) is 6.42. The van der Waals surface area contributed by atoms with Gasteiger partial charge in [0.05, 0.1) is 4.92 Å². The number of carbonyl (C=O) groups excluding carboxylic acids is 1. The van der Waals surface area contributed by atoms with Gasteiger partial charge >= 0.3 is 0 Å². The van der Waals surface area contributed by atoms with Crippen LogP contribution in [0.1, 0.15) is 66.6 Å². The Morgan fingerprint density at radius 2 is 1.54 bits per heavy atom. The Morgan fingerprint density at radius 3 is 2.00 bits per heavy atom. The number of phenols is 1. The van der Waals surface area contributed by atoms with E-state index in [0.717, 1.165) is 0 Å². The maximum Gasteiger partial charge on any atom is 0.280 e. The van der Waals surface area contributed by atoms with Gasteiger partial charge in [0.2, 0.25) is 0 Å². The number of nitrogens with zero attached hydrogens (tertiary/aromatic N) is 1. The summed E-state index contributed by atoms with van der Waals surface area (Å²) in [6.45, 7) is 7.72. The summed E-state index contributed by atoms with van der Waals surface area (Å²) in [6.07, 6.45) is 0. The molecule has 0 spiro atoms. The molecule has 2 aromatic rings. The molecule has 5 nitrogen and oxygen atoms in total. The summed E-state index contributed by atoms with van der Waals surface area (Å²) in [5.41, 5.74) is 1.53. The minimum atomic E-state index is -0.555. The first-order valence-corrected chi connectivity index (χ1v) is 7.89. The molecule has 0 unspecified atom stereocenters. The van der Waals surface area contributed by atoms with Gasteiger partial charge in [0.15, 0.2) is 5.78 Å². The summed E-state index contributed by atoms with van der Waals surface area (Å²) < 4.78 is 0. The van der Waals surface area contributed by atoms with Crippen molar-refractivity contribution in [3.05, 3.63) is 68.8 Å². The van der Waals surface area contributed by atoms with Gasteiger partial charge in [-0.3, -0.25) is 14.9 Å². The number of para-hydroxylation sites is 1. The Balaban J connectivity index is 2.64. The Labute approximate surface area is 141 Å². The molecule has 0 saturated carbocycles. The minimum absolute atomic E-state index is 0.0287. The molecule has 0 aliphatic carbocycles. The Hall–Kier alpha value is -2.69. The fraction of sp³-hybridized carbons (Fsp3) is 0.316. The van der Waals surface area contributed by atoms with Crippen molar-refractivity contribution >= 4 is 11.5 Å². The molecule has 1 N–H and O–H groups in total. The van der Waals surface area contributed by atoms with Crippen molar-refractivity contribution in [1.29, 1.82) is 0 Å². The highest BCUT2D eigenvalue weighted by atomic mass is 16.6. The van der Waals surface area contributed by atoms with Gasteiger partial charge in [0.25, 0.3) is 5.69 Å². The molecule has 2 aromatic carbocycles. The molecule has 126 valence electrons. The van der Waals surface area contributed by atoms with E-state index in [1.54, 1.807) is 18.2 Å². The van der Waals surface area contributed by atoms with Crippen LogP contribution < -0.4 is 0 Å². The fourth-order valence-corrected chi connectivity index (χ4v) is 2.67. The number of phenolic OH excluding ortho intramolecular Hbond substituents is 1. The van der Waals surface area contributed by atoms with Gasteiger partial charge in [0, 0.05) is 11.6 Å². The van der Waals surface area contributed by atoms with Crippen LogP contribution in [-0.4, -0.2) is 15.8 Å². The maximum absolute atomic E-state index is 12.8. The van der Waals surface area contributed by atoms with Crippen molar-refractivity contribution in [2.75, 3.05) is 0 Å². The molecule has 24 heavy (non-hydrogen) atoms. The summed E-state index contributed by atoms with van der Waals surface area (Å²) in [5, 5.41) is 21.6. The Kier molecular flexibility index (Phi) is 5.02. The average molecular weight is 327 g/mol. The third-order valence-electron chi connectivity index (χ3n) is 4.02. The quantitative estimate of drug-likeness (QED) is 0.487. The molecule has 0 saturated heterocycles. The number of hydrogen-bond acceptors (Lipinski definition) is 4. The molecular formula is C19H21NO4. The lowest BCUT2D eigenvalue weighted by atomic mass is 9.89. The molecule has 0 aromatic heterocycles. The first-order chi connectivity index (χ1) is 11.2. The van der Waals surface area contributed by atoms with Gasteiger partial charge in [-0.15, -0.1) is 0 Å². The lowest BCUT2D eigenvalue weighted by Crippen LogP contribution is -2.08. The summed E-state index contributed by atoms with van der Waals surface area (Å²) in [4.78, 5) is 23.5. The number of aromatic hydroxyl groups is 1. The molecule has 2 rings (SSSR count). The van der Waals surface area contributed by atoms with E-state index in [1.165, 1.54) is 18.2 Å². The van der Waals surface area contributed by atoms with Crippen LogP contribution in [0.25, 0.3) is 0 Å². The van der Waals surface area contributed by atoms with Crippen LogP contribution >= 0.6 is 0 Å².